The molecular formula is C20H14FeO3+2. The first-order chi connectivity index (χ1) is 11.3. The zero-order valence-corrected chi connectivity index (χ0v) is 13.8. The zero-order valence-electron chi connectivity index (χ0n) is 12.7. The van der Waals surface area contributed by atoms with Gasteiger partial charge in [0.25, 0.3) is 0 Å². The van der Waals surface area contributed by atoms with Gasteiger partial charge in [0.2, 0.25) is 0 Å². The number of hydrogen-bond acceptors (Lipinski definition) is 3. The molecule has 0 spiro atoms. The minimum atomic E-state index is -0.597. The number of Topliss-reactive ketones (excluding diaryl/α,β-unsaturated/α-hetero) is 1. The predicted octanol–water partition coefficient (Wildman–Crippen LogP) is 3.40. The predicted molar refractivity (Wildman–Crippen MR) is 88.8 cm³/mol. The van der Waals surface area contributed by atoms with Crippen LogP contribution in [0.25, 0.3) is 11.0 Å². The third kappa shape index (κ3) is 4.58. The standard InChI is InChI=1S/C15H9O3.C5H5.Fe/c16-14(10-5-1-2-6-10)12-9-11-7-3-4-8-13(11)18-15(12)17;1-2-4-5-3-1;/h1-9H;1-5H;/q;;+2. The van der Waals surface area contributed by atoms with Crippen molar-refractivity contribution in [2.24, 2.45) is 0 Å². The van der Waals surface area contributed by atoms with Gasteiger partial charge in [-0.1, -0.05) is 18.2 Å². The summed E-state index contributed by atoms with van der Waals surface area (Å²) in [5.74, 6) is 0.192. The molecule has 2 aromatic rings. The summed E-state index contributed by atoms with van der Waals surface area (Å²) in [4.78, 5) is 23.9. The Morgan fingerprint density at radius 2 is 1.42 bits per heavy atom. The van der Waals surface area contributed by atoms with Crippen LogP contribution in [-0.2, 0) is 17.1 Å². The minimum Gasteiger partial charge on any atom is -0.422 e. The maximum Gasteiger partial charge on any atom is 2.00 e. The largest absolute Gasteiger partial charge is 2.00 e. The summed E-state index contributed by atoms with van der Waals surface area (Å²) >= 11 is 0. The number of hydrogen-bond donors (Lipinski definition) is 0. The first-order valence-electron chi connectivity index (χ1n) is 7.22. The number of carbonyl (C=O) groups excluding carboxylic acids is 1. The van der Waals surface area contributed by atoms with Crippen molar-refractivity contribution in [3.05, 3.63) is 110 Å². The van der Waals surface area contributed by atoms with Gasteiger partial charge in [0, 0.05) is 5.39 Å². The van der Waals surface area contributed by atoms with Crippen LogP contribution in [0.5, 0.6) is 0 Å². The molecule has 10 radical (unpaired) electrons. The molecule has 0 amide bonds. The molecule has 0 bridgehead atoms. The third-order valence-corrected chi connectivity index (χ3v) is 3.37. The maximum absolute atomic E-state index is 12.1. The van der Waals surface area contributed by atoms with Crippen molar-refractivity contribution in [3.8, 4) is 0 Å². The molecule has 4 rings (SSSR count). The second kappa shape index (κ2) is 9.19. The van der Waals surface area contributed by atoms with Gasteiger partial charge >= 0.3 is 22.7 Å². The van der Waals surface area contributed by atoms with Gasteiger partial charge in [-0.3, -0.25) is 4.79 Å². The van der Waals surface area contributed by atoms with Gasteiger partial charge in [0.05, 0.1) is 5.92 Å². The molecule has 2 aliphatic rings. The van der Waals surface area contributed by atoms with Crippen LogP contribution in [0.1, 0.15) is 10.4 Å². The fourth-order valence-corrected chi connectivity index (χ4v) is 2.22. The molecule has 1 aromatic heterocycles. The number of para-hydroxylation sites is 1. The molecule has 2 saturated carbocycles. The van der Waals surface area contributed by atoms with E-state index < -0.39 is 5.63 Å². The van der Waals surface area contributed by atoms with Crippen molar-refractivity contribution in [3.63, 3.8) is 0 Å². The molecule has 0 atom stereocenters. The van der Waals surface area contributed by atoms with Crippen LogP contribution < -0.4 is 5.63 Å². The summed E-state index contributed by atoms with van der Waals surface area (Å²) in [5.41, 5.74) is -0.0404. The first kappa shape index (κ1) is 19.0. The van der Waals surface area contributed by atoms with Crippen LogP contribution in [0.3, 0.4) is 0 Å². The van der Waals surface area contributed by atoms with Gasteiger partial charge in [0.15, 0.2) is 5.78 Å². The van der Waals surface area contributed by atoms with Crippen molar-refractivity contribution < 1.29 is 26.3 Å². The number of benzene rings is 1. The normalized spacial score (nSPS) is 17.2. The number of fused-ring (bicyclic) bond motifs is 1. The molecule has 0 N–H and O–H groups in total. The summed E-state index contributed by atoms with van der Waals surface area (Å²) in [6.07, 6.45) is 16.9. The Morgan fingerprint density at radius 1 is 0.833 bits per heavy atom. The average Bonchev–Trinajstić information content (AvgIpc) is 3.29. The Morgan fingerprint density at radius 3 is 2.04 bits per heavy atom. The Labute approximate surface area is 153 Å². The number of carbonyl (C=O) groups is 1. The van der Waals surface area contributed by atoms with E-state index in [1.807, 2.05) is 38.2 Å². The zero-order chi connectivity index (χ0) is 16.1. The van der Waals surface area contributed by atoms with E-state index in [9.17, 15) is 9.59 Å². The molecule has 118 valence electrons. The average molecular weight is 358 g/mol. The Balaban J connectivity index is 0.000000300. The molecule has 2 aliphatic carbocycles. The number of rotatable bonds is 2. The van der Waals surface area contributed by atoms with Crippen molar-refractivity contribution in [1.29, 1.82) is 0 Å². The molecule has 0 saturated heterocycles. The van der Waals surface area contributed by atoms with Crippen LogP contribution in [-0.4, -0.2) is 5.78 Å². The molecular weight excluding hydrogens is 344 g/mol. The summed E-state index contributed by atoms with van der Waals surface area (Å²) in [5, 5.41) is 0.743. The second-order valence-electron chi connectivity index (χ2n) is 4.95. The molecule has 0 unspecified atom stereocenters. The van der Waals surface area contributed by atoms with Gasteiger partial charge in [-0.25, -0.2) is 4.79 Å². The molecule has 2 fully saturated rings. The monoisotopic (exact) mass is 358 g/mol. The van der Waals surface area contributed by atoms with Gasteiger partial charge in [0.1, 0.15) is 11.1 Å². The minimum absolute atomic E-state index is 0. The molecule has 24 heavy (non-hydrogen) atoms. The van der Waals surface area contributed by atoms with Crippen LogP contribution in [0.4, 0.5) is 0 Å². The van der Waals surface area contributed by atoms with Crippen LogP contribution in [0.2, 0.25) is 0 Å². The van der Waals surface area contributed by atoms with E-state index in [4.69, 9.17) is 4.42 Å². The van der Waals surface area contributed by atoms with Gasteiger partial charge < -0.3 is 4.42 Å². The van der Waals surface area contributed by atoms with Crippen LogP contribution >= 0.6 is 0 Å². The van der Waals surface area contributed by atoms with E-state index in [2.05, 4.69) is 0 Å². The Kier molecular flexibility index (Phi) is 7.26. The summed E-state index contributed by atoms with van der Waals surface area (Å²) < 4.78 is 5.14. The molecule has 1 aromatic carbocycles. The molecule has 1 heterocycles. The van der Waals surface area contributed by atoms with Crippen LogP contribution in [0.15, 0.2) is 39.5 Å². The SMILES string of the molecule is O=C([C]1[CH][CH][CH][CH]1)c1cc2ccccc2oc1=O.[CH]1[CH][CH][CH][CH]1.[Fe+2]. The van der Waals surface area contributed by atoms with Crippen LogP contribution in [0, 0.1) is 63.7 Å². The Bertz CT molecular complexity index is 717. The maximum atomic E-state index is 12.1. The van der Waals surface area contributed by atoms with E-state index in [0.717, 1.165) is 5.39 Å². The van der Waals surface area contributed by atoms with Gasteiger partial charge in [-0.15, -0.1) is 0 Å². The fraction of sp³-hybridized carbons (Fsp3) is 0. The number of ketones is 1. The topological polar surface area (TPSA) is 47.3 Å². The second-order valence-corrected chi connectivity index (χ2v) is 4.95. The quantitative estimate of drug-likeness (QED) is 0.470. The van der Waals surface area contributed by atoms with E-state index in [1.54, 1.807) is 49.9 Å². The van der Waals surface area contributed by atoms with E-state index in [0.29, 0.717) is 11.5 Å². The summed E-state index contributed by atoms with van der Waals surface area (Å²) in [6, 6.07) is 8.70. The molecule has 4 heteroatoms. The summed E-state index contributed by atoms with van der Waals surface area (Å²) in [6.45, 7) is 0. The van der Waals surface area contributed by atoms with Crippen molar-refractivity contribution in [2.75, 3.05) is 0 Å². The van der Waals surface area contributed by atoms with E-state index >= 15 is 0 Å². The van der Waals surface area contributed by atoms with Gasteiger partial charge in [-0.05, 0) is 69.9 Å². The molecule has 3 nitrogen and oxygen atoms in total. The van der Waals surface area contributed by atoms with Crippen molar-refractivity contribution in [2.45, 2.75) is 0 Å². The molecule has 0 aliphatic heterocycles. The van der Waals surface area contributed by atoms with Crippen molar-refractivity contribution >= 4 is 16.8 Å². The smallest absolute Gasteiger partial charge is 0.422 e. The van der Waals surface area contributed by atoms with E-state index in [-0.39, 0.29) is 28.4 Å². The van der Waals surface area contributed by atoms with Crippen molar-refractivity contribution in [1.82, 2.24) is 0 Å². The van der Waals surface area contributed by atoms with E-state index in [1.165, 1.54) is 0 Å². The summed E-state index contributed by atoms with van der Waals surface area (Å²) in [7, 11) is 0. The van der Waals surface area contributed by atoms with Gasteiger partial charge in [-0.2, -0.15) is 0 Å². The third-order valence-electron chi connectivity index (χ3n) is 3.37. The first-order valence-corrected chi connectivity index (χ1v) is 7.22. The fourth-order valence-electron chi connectivity index (χ4n) is 2.22. The Hall–Kier alpha value is -1.38.